The van der Waals surface area contributed by atoms with Crippen LogP contribution in [0.2, 0.25) is 0 Å². The fourth-order valence-electron chi connectivity index (χ4n) is 3.50. The van der Waals surface area contributed by atoms with Crippen molar-refractivity contribution < 1.29 is 27.4 Å². The van der Waals surface area contributed by atoms with Crippen LogP contribution in [0.25, 0.3) is 0 Å². The van der Waals surface area contributed by atoms with Crippen LogP contribution in [0, 0.1) is 0 Å². The second-order valence-corrected chi connectivity index (χ2v) is 7.00. The first kappa shape index (κ1) is 21.7. The number of amides is 1. The molecule has 170 valence electrons. The van der Waals surface area contributed by atoms with Crippen LogP contribution in [0.5, 0.6) is 0 Å². The van der Waals surface area contributed by atoms with E-state index < -0.39 is 36.2 Å². The predicted molar refractivity (Wildman–Crippen MR) is 108 cm³/mol. The molecule has 12 heteroatoms. The maximum atomic E-state index is 13.5. The Kier molecular flexibility index (Phi) is 5.80. The number of ether oxygens (including phenoxy) is 2. The van der Waals surface area contributed by atoms with Gasteiger partial charge in [-0.3, -0.25) is 9.80 Å². The molecule has 9 nitrogen and oxygen atoms in total. The summed E-state index contributed by atoms with van der Waals surface area (Å²) < 4.78 is 50.6. The van der Waals surface area contributed by atoms with Crippen LogP contribution in [-0.2, 0) is 20.4 Å². The maximum absolute atomic E-state index is 13.5. The summed E-state index contributed by atoms with van der Waals surface area (Å²) in [5, 5.41) is 10.0. The van der Waals surface area contributed by atoms with E-state index in [1.807, 2.05) is 0 Å². The average molecular weight is 450 g/mol. The minimum atomic E-state index is -4.50. The number of nitrogens with one attached hydrogen (secondary N) is 4. The zero-order valence-corrected chi connectivity index (χ0v) is 17.1. The summed E-state index contributed by atoms with van der Waals surface area (Å²) in [4.78, 5) is 17.0. The molecule has 3 unspecified atom stereocenters. The molecular formula is C20H21F3N6O3. The van der Waals surface area contributed by atoms with E-state index in [0.717, 1.165) is 6.07 Å². The third kappa shape index (κ3) is 4.27. The van der Waals surface area contributed by atoms with Crippen molar-refractivity contribution in [2.45, 2.75) is 24.7 Å². The number of hydrazine groups is 1. The number of methoxy groups -OCH3 is 2. The van der Waals surface area contributed by atoms with E-state index in [9.17, 15) is 18.0 Å². The third-order valence-electron chi connectivity index (χ3n) is 5.00. The van der Waals surface area contributed by atoms with Crippen LogP contribution >= 0.6 is 0 Å². The van der Waals surface area contributed by atoms with Gasteiger partial charge < -0.3 is 25.4 Å². The Bertz CT molecular complexity index is 1020. The van der Waals surface area contributed by atoms with Gasteiger partial charge in [0.1, 0.15) is 17.7 Å². The summed E-state index contributed by atoms with van der Waals surface area (Å²) in [5.41, 5.74) is 2.50. The summed E-state index contributed by atoms with van der Waals surface area (Å²) in [7, 11) is 2.87. The molecule has 0 aliphatic carbocycles. The lowest BCUT2D eigenvalue weighted by atomic mass is 9.99. The van der Waals surface area contributed by atoms with Gasteiger partial charge in [-0.1, -0.05) is 24.3 Å². The van der Waals surface area contributed by atoms with Crippen molar-refractivity contribution in [2.24, 2.45) is 4.99 Å². The van der Waals surface area contributed by atoms with Crippen molar-refractivity contribution in [3.05, 3.63) is 71.3 Å². The molecule has 3 aliphatic heterocycles. The van der Waals surface area contributed by atoms with Crippen molar-refractivity contribution in [3.63, 3.8) is 0 Å². The molecule has 1 amide bonds. The first-order valence-electron chi connectivity index (χ1n) is 9.60. The predicted octanol–water partition coefficient (Wildman–Crippen LogP) is 1.43. The minimum absolute atomic E-state index is 0.0573. The quantitative estimate of drug-likeness (QED) is 0.515. The second kappa shape index (κ2) is 8.55. The van der Waals surface area contributed by atoms with E-state index in [1.54, 1.807) is 18.2 Å². The topological polar surface area (TPSA) is 99.2 Å². The minimum Gasteiger partial charge on any atom is -0.481 e. The highest BCUT2D eigenvalue weighted by molar-refractivity contribution is 5.96. The summed E-state index contributed by atoms with van der Waals surface area (Å²) in [5.74, 6) is 0.0475. The molecule has 3 atom stereocenters. The lowest BCUT2D eigenvalue weighted by Gasteiger charge is -2.35. The van der Waals surface area contributed by atoms with Gasteiger partial charge in [0, 0.05) is 19.4 Å². The first-order chi connectivity index (χ1) is 15.3. The molecule has 4 rings (SSSR count). The second-order valence-electron chi connectivity index (χ2n) is 7.00. The van der Waals surface area contributed by atoms with Crippen molar-refractivity contribution in [3.8, 4) is 0 Å². The SMILES string of the molecule is COC1=NC(OC)NC(NC(=O)C2=CNC3C=CC(c4ccccc4C(F)(F)F)NN23)=C1. The zero-order valence-electron chi connectivity index (χ0n) is 17.1. The molecule has 0 saturated carbocycles. The molecule has 0 spiro atoms. The van der Waals surface area contributed by atoms with Crippen LogP contribution in [0.4, 0.5) is 13.2 Å². The number of carbonyl (C=O) groups is 1. The summed E-state index contributed by atoms with van der Waals surface area (Å²) in [6.07, 6.45) is 0.620. The van der Waals surface area contributed by atoms with Crippen LogP contribution < -0.4 is 21.4 Å². The Hall–Kier alpha value is -3.51. The number of aliphatic imine (C=N–C) groups is 1. The Morgan fingerprint density at radius 1 is 1.22 bits per heavy atom. The number of rotatable bonds is 4. The molecule has 0 fully saturated rings. The molecule has 1 aromatic carbocycles. The highest BCUT2D eigenvalue weighted by Gasteiger charge is 2.38. The molecule has 0 aromatic heterocycles. The Morgan fingerprint density at radius 3 is 2.72 bits per heavy atom. The zero-order chi connectivity index (χ0) is 22.9. The average Bonchev–Trinajstić information content (AvgIpc) is 3.21. The first-order valence-corrected chi connectivity index (χ1v) is 9.60. The van der Waals surface area contributed by atoms with E-state index in [2.05, 4.69) is 26.4 Å². The highest BCUT2D eigenvalue weighted by Crippen LogP contribution is 2.36. The van der Waals surface area contributed by atoms with Crippen molar-refractivity contribution in [1.82, 2.24) is 26.4 Å². The van der Waals surface area contributed by atoms with Crippen LogP contribution in [0.3, 0.4) is 0 Å². The lowest BCUT2D eigenvalue weighted by molar-refractivity contribution is -0.138. The lowest BCUT2D eigenvalue weighted by Crippen LogP contribution is -2.52. The van der Waals surface area contributed by atoms with E-state index in [-0.39, 0.29) is 17.2 Å². The Morgan fingerprint density at radius 2 is 2.00 bits per heavy atom. The number of nitrogens with zero attached hydrogens (tertiary/aromatic N) is 2. The van der Waals surface area contributed by atoms with Gasteiger partial charge in [-0.05, 0) is 17.7 Å². The number of alkyl halides is 3. The number of halogens is 3. The normalized spacial score (nSPS) is 24.5. The van der Waals surface area contributed by atoms with Gasteiger partial charge in [0.25, 0.3) is 5.91 Å². The van der Waals surface area contributed by atoms with Crippen molar-refractivity contribution in [2.75, 3.05) is 14.2 Å². The number of benzene rings is 1. The Labute approximate surface area is 181 Å². The highest BCUT2D eigenvalue weighted by atomic mass is 19.4. The third-order valence-corrected chi connectivity index (χ3v) is 5.00. The molecule has 1 aromatic rings. The molecule has 0 radical (unpaired) electrons. The molecule has 0 saturated heterocycles. The number of hydrogen-bond acceptors (Lipinski definition) is 8. The van der Waals surface area contributed by atoms with E-state index in [1.165, 1.54) is 43.6 Å². The summed E-state index contributed by atoms with van der Waals surface area (Å²) in [6, 6.07) is 4.54. The number of hydrogen-bond donors (Lipinski definition) is 4. The van der Waals surface area contributed by atoms with Crippen LogP contribution in [0.1, 0.15) is 17.2 Å². The number of fused-ring (bicyclic) bond motifs is 1. The largest absolute Gasteiger partial charge is 0.481 e. The van der Waals surface area contributed by atoms with Crippen LogP contribution in [0.15, 0.2) is 65.2 Å². The standard InChI is InChI=1S/C20H21F3N6O3/c1-31-17-9-15(26-19(27-17)32-2)25-18(30)14-10-24-16-8-7-13(28-29(14)16)11-5-3-4-6-12(11)20(21,22)23/h3-10,13,16,19,24,26,28H,1-2H3,(H,25,30). The maximum Gasteiger partial charge on any atom is 0.416 e. The van der Waals surface area contributed by atoms with E-state index in [0.29, 0.717) is 5.82 Å². The van der Waals surface area contributed by atoms with Gasteiger partial charge in [-0.25, -0.2) is 5.43 Å². The Balaban J connectivity index is 1.51. The molecule has 3 aliphatic rings. The fraction of sp³-hybridized carbons (Fsp3) is 0.300. The smallest absolute Gasteiger partial charge is 0.416 e. The van der Waals surface area contributed by atoms with E-state index in [4.69, 9.17) is 9.47 Å². The van der Waals surface area contributed by atoms with Gasteiger partial charge in [0.05, 0.1) is 18.7 Å². The fourth-order valence-corrected chi connectivity index (χ4v) is 3.50. The van der Waals surface area contributed by atoms with Crippen LogP contribution in [-0.4, -0.2) is 43.6 Å². The van der Waals surface area contributed by atoms with E-state index >= 15 is 0 Å². The van der Waals surface area contributed by atoms with Gasteiger partial charge in [0.15, 0.2) is 0 Å². The molecule has 32 heavy (non-hydrogen) atoms. The van der Waals surface area contributed by atoms with Gasteiger partial charge in [-0.15, -0.1) is 0 Å². The van der Waals surface area contributed by atoms with Crippen molar-refractivity contribution >= 4 is 11.8 Å². The van der Waals surface area contributed by atoms with Crippen molar-refractivity contribution in [1.29, 1.82) is 0 Å². The van der Waals surface area contributed by atoms with Gasteiger partial charge in [0.2, 0.25) is 12.2 Å². The molecule has 4 N–H and O–H groups in total. The number of carbonyl (C=O) groups excluding carboxylic acids is 1. The molecule has 3 heterocycles. The molecular weight excluding hydrogens is 429 g/mol. The van der Waals surface area contributed by atoms with Gasteiger partial charge in [-0.2, -0.15) is 18.2 Å². The summed E-state index contributed by atoms with van der Waals surface area (Å²) in [6.45, 7) is 0. The molecule has 0 bridgehead atoms. The summed E-state index contributed by atoms with van der Waals surface area (Å²) >= 11 is 0. The van der Waals surface area contributed by atoms with Gasteiger partial charge >= 0.3 is 6.18 Å². The monoisotopic (exact) mass is 450 g/mol.